The number of benzene rings is 1. The van der Waals surface area contributed by atoms with Gasteiger partial charge in [0.15, 0.2) is 0 Å². The zero-order chi connectivity index (χ0) is 14.8. The topological polar surface area (TPSA) is 32.3 Å². The highest BCUT2D eigenvalue weighted by Gasteiger charge is 2.39. The minimum absolute atomic E-state index is 0.0395. The van der Waals surface area contributed by atoms with Crippen LogP contribution in [-0.2, 0) is 4.79 Å². The Morgan fingerprint density at radius 2 is 2.33 bits per heavy atom. The van der Waals surface area contributed by atoms with Gasteiger partial charge < -0.3 is 4.90 Å². The van der Waals surface area contributed by atoms with E-state index in [-0.39, 0.29) is 18.1 Å². The zero-order valence-electron chi connectivity index (χ0n) is 12.2. The number of rotatable bonds is 4. The molecule has 0 aliphatic carbocycles. The Bertz CT molecular complexity index is 519. The zero-order valence-corrected chi connectivity index (χ0v) is 13.8. The standard InChI is InChI=1S/C16H21ClN2OS/c1-2-14-16(20)19(10-13-7-4-8-21-13)15(18-14)11-5-3-6-12(17)9-11/h3,5-6,9,13-15,18H,2,4,7-8,10H2,1H3. The molecule has 3 unspecified atom stereocenters. The summed E-state index contributed by atoms with van der Waals surface area (Å²) in [6.45, 7) is 2.89. The molecule has 2 saturated heterocycles. The second-order valence-corrected chi connectivity index (χ2v) is 7.56. The van der Waals surface area contributed by atoms with Gasteiger partial charge in [-0.1, -0.05) is 30.7 Å². The fourth-order valence-corrected chi connectivity index (χ4v) is 4.59. The third kappa shape index (κ3) is 3.22. The summed E-state index contributed by atoms with van der Waals surface area (Å²) >= 11 is 8.11. The Balaban J connectivity index is 1.83. The second-order valence-electron chi connectivity index (χ2n) is 5.71. The first-order valence-corrected chi connectivity index (χ1v) is 9.05. The molecule has 2 aliphatic rings. The fourth-order valence-electron chi connectivity index (χ4n) is 3.13. The van der Waals surface area contributed by atoms with Gasteiger partial charge in [-0.3, -0.25) is 10.1 Å². The van der Waals surface area contributed by atoms with Crippen molar-refractivity contribution in [1.82, 2.24) is 10.2 Å². The van der Waals surface area contributed by atoms with E-state index in [1.165, 1.54) is 18.6 Å². The van der Waals surface area contributed by atoms with E-state index in [9.17, 15) is 4.79 Å². The number of nitrogens with zero attached hydrogens (tertiary/aromatic N) is 1. The smallest absolute Gasteiger partial charge is 0.241 e. The molecule has 1 N–H and O–H groups in total. The summed E-state index contributed by atoms with van der Waals surface area (Å²) in [5.74, 6) is 1.45. The van der Waals surface area contributed by atoms with Gasteiger partial charge in [0.25, 0.3) is 0 Å². The molecule has 0 bridgehead atoms. The highest BCUT2D eigenvalue weighted by molar-refractivity contribution is 8.00. The van der Waals surface area contributed by atoms with Crippen molar-refractivity contribution in [2.24, 2.45) is 0 Å². The number of nitrogens with one attached hydrogen (secondary N) is 1. The van der Waals surface area contributed by atoms with Crippen LogP contribution >= 0.6 is 23.4 Å². The van der Waals surface area contributed by atoms with Crippen molar-refractivity contribution >= 4 is 29.3 Å². The predicted molar refractivity (Wildman–Crippen MR) is 88.6 cm³/mol. The monoisotopic (exact) mass is 324 g/mol. The number of hydrogen-bond donors (Lipinski definition) is 1. The van der Waals surface area contributed by atoms with Crippen molar-refractivity contribution in [2.45, 2.75) is 43.6 Å². The lowest BCUT2D eigenvalue weighted by Gasteiger charge is -2.27. The largest absolute Gasteiger partial charge is 0.320 e. The second kappa shape index (κ2) is 6.59. The molecule has 2 heterocycles. The number of amides is 1. The van der Waals surface area contributed by atoms with Crippen molar-refractivity contribution in [3.63, 3.8) is 0 Å². The highest BCUT2D eigenvalue weighted by Crippen LogP contribution is 2.33. The molecule has 1 aromatic carbocycles. The summed E-state index contributed by atoms with van der Waals surface area (Å²) in [6.07, 6.45) is 3.27. The van der Waals surface area contributed by atoms with Crippen LogP contribution in [0.1, 0.15) is 37.9 Å². The van der Waals surface area contributed by atoms with Crippen LogP contribution in [0.25, 0.3) is 0 Å². The molecular formula is C16H21ClN2OS. The molecule has 3 nitrogen and oxygen atoms in total. The molecule has 114 valence electrons. The minimum Gasteiger partial charge on any atom is -0.320 e. The molecule has 2 fully saturated rings. The van der Waals surface area contributed by atoms with E-state index in [1.54, 1.807) is 0 Å². The summed E-state index contributed by atoms with van der Waals surface area (Å²) < 4.78 is 0. The van der Waals surface area contributed by atoms with E-state index in [0.717, 1.165) is 23.6 Å². The van der Waals surface area contributed by atoms with Gasteiger partial charge in [-0.25, -0.2) is 0 Å². The predicted octanol–water partition coefficient (Wildman–Crippen LogP) is 3.44. The lowest BCUT2D eigenvalue weighted by molar-refractivity contribution is -0.130. The van der Waals surface area contributed by atoms with Crippen LogP contribution < -0.4 is 5.32 Å². The number of carbonyl (C=O) groups excluding carboxylic acids is 1. The van der Waals surface area contributed by atoms with Gasteiger partial charge >= 0.3 is 0 Å². The van der Waals surface area contributed by atoms with E-state index in [1.807, 2.05) is 40.9 Å². The quantitative estimate of drug-likeness (QED) is 0.920. The lowest BCUT2D eigenvalue weighted by Crippen LogP contribution is -2.35. The van der Waals surface area contributed by atoms with Crippen molar-refractivity contribution in [1.29, 1.82) is 0 Å². The van der Waals surface area contributed by atoms with E-state index in [0.29, 0.717) is 5.25 Å². The molecule has 0 aromatic heterocycles. The van der Waals surface area contributed by atoms with E-state index >= 15 is 0 Å². The maximum absolute atomic E-state index is 12.6. The Kier molecular flexibility index (Phi) is 4.77. The van der Waals surface area contributed by atoms with Crippen LogP contribution in [0.15, 0.2) is 24.3 Å². The van der Waals surface area contributed by atoms with Gasteiger partial charge in [-0.05, 0) is 42.7 Å². The van der Waals surface area contributed by atoms with Gasteiger partial charge in [0.1, 0.15) is 6.17 Å². The first-order valence-electron chi connectivity index (χ1n) is 7.62. The first-order chi connectivity index (χ1) is 10.2. The SMILES string of the molecule is CCC1NC(c2cccc(Cl)c2)N(CC2CCCS2)C1=O. The summed E-state index contributed by atoms with van der Waals surface area (Å²) in [6, 6.07) is 7.76. The van der Waals surface area contributed by atoms with Crippen LogP contribution in [-0.4, -0.2) is 34.4 Å². The third-order valence-corrected chi connectivity index (χ3v) is 5.86. The number of hydrogen-bond acceptors (Lipinski definition) is 3. The van der Waals surface area contributed by atoms with Crippen LogP contribution in [0.5, 0.6) is 0 Å². The lowest BCUT2D eigenvalue weighted by atomic mass is 10.1. The summed E-state index contributed by atoms with van der Waals surface area (Å²) in [5.41, 5.74) is 1.08. The molecule has 0 spiro atoms. The average Bonchev–Trinajstić information content (AvgIpc) is 3.09. The van der Waals surface area contributed by atoms with Gasteiger partial charge in [-0.2, -0.15) is 11.8 Å². The molecule has 0 radical (unpaired) electrons. The summed E-state index contributed by atoms with van der Waals surface area (Å²) in [7, 11) is 0. The molecule has 1 aromatic rings. The molecule has 3 atom stereocenters. The Hall–Kier alpha value is -0.710. The summed E-state index contributed by atoms with van der Waals surface area (Å²) in [5, 5.41) is 4.76. The number of halogens is 1. The maximum Gasteiger partial charge on any atom is 0.241 e. The molecule has 0 saturated carbocycles. The molecule has 2 aliphatic heterocycles. The molecular weight excluding hydrogens is 304 g/mol. The van der Waals surface area contributed by atoms with Gasteiger partial charge in [0.2, 0.25) is 5.91 Å². The first kappa shape index (κ1) is 15.2. The van der Waals surface area contributed by atoms with E-state index in [4.69, 9.17) is 11.6 Å². The van der Waals surface area contributed by atoms with Gasteiger partial charge in [-0.15, -0.1) is 0 Å². The van der Waals surface area contributed by atoms with Crippen molar-refractivity contribution < 1.29 is 4.79 Å². The van der Waals surface area contributed by atoms with E-state index in [2.05, 4.69) is 12.2 Å². The van der Waals surface area contributed by atoms with Crippen LogP contribution in [0.3, 0.4) is 0 Å². The Morgan fingerprint density at radius 3 is 3.00 bits per heavy atom. The molecule has 5 heteroatoms. The van der Waals surface area contributed by atoms with Crippen LogP contribution in [0.2, 0.25) is 5.02 Å². The van der Waals surface area contributed by atoms with Gasteiger partial charge in [0, 0.05) is 16.8 Å². The summed E-state index contributed by atoms with van der Waals surface area (Å²) in [4.78, 5) is 14.6. The van der Waals surface area contributed by atoms with Crippen LogP contribution in [0.4, 0.5) is 0 Å². The van der Waals surface area contributed by atoms with E-state index < -0.39 is 0 Å². The van der Waals surface area contributed by atoms with Crippen molar-refractivity contribution in [3.05, 3.63) is 34.9 Å². The normalized spacial score (nSPS) is 29.3. The number of thioether (sulfide) groups is 1. The van der Waals surface area contributed by atoms with Crippen LogP contribution in [0, 0.1) is 0 Å². The Morgan fingerprint density at radius 1 is 1.48 bits per heavy atom. The number of carbonyl (C=O) groups is 1. The molecule has 3 rings (SSSR count). The molecule has 1 amide bonds. The highest BCUT2D eigenvalue weighted by atomic mass is 35.5. The van der Waals surface area contributed by atoms with Crippen molar-refractivity contribution in [3.8, 4) is 0 Å². The fraction of sp³-hybridized carbons (Fsp3) is 0.562. The van der Waals surface area contributed by atoms with Crippen molar-refractivity contribution in [2.75, 3.05) is 12.3 Å². The Labute approximate surface area is 135 Å². The third-order valence-electron chi connectivity index (χ3n) is 4.25. The minimum atomic E-state index is -0.0691. The average molecular weight is 325 g/mol. The van der Waals surface area contributed by atoms with Gasteiger partial charge in [0.05, 0.1) is 6.04 Å². The maximum atomic E-state index is 12.6. The molecule has 21 heavy (non-hydrogen) atoms.